The third kappa shape index (κ3) is 2.04. The first-order valence-corrected chi connectivity index (χ1v) is 5.68. The van der Waals surface area contributed by atoms with Gasteiger partial charge in [0.1, 0.15) is 0 Å². The van der Waals surface area contributed by atoms with E-state index < -0.39 is 11.9 Å². The summed E-state index contributed by atoms with van der Waals surface area (Å²) >= 11 is 0. The quantitative estimate of drug-likeness (QED) is 0.728. The largest absolute Gasteiger partial charge is 0.481 e. The molecule has 3 unspecified atom stereocenters. The van der Waals surface area contributed by atoms with Crippen molar-refractivity contribution in [3.63, 3.8) is 0 Å². The van der Waals surface area contributed by atoms with Gasteiger partial charge >= 0.3 is 5.97 Å². The second-order valence-corrected chi connectivity index (χ2v) is 4.98. The minimum atomic E-state index is -0.832. The highest BCUT2D eigenvalue weighted by atomic mass is 16.4. The number of hydrogen-bond donors (Lipinski definition) is 1. The topological polar surface area (TPSA) is 60.9 Å². The van der Waals surface area contributed by atoms with Gasteiger partial charge in [-0.2, -0.15) is 0 Å². The average molecular weight is 226 g/mol. The van der Waals surface area contributed by atoms with Crippen LogP contribution < -0.4 is 0 Å². The molecule has 1 saturated heterocycles. The Morgan fingerprint density at radius 2 is 2.00 bits per heavy atom. The van der Waals surface area contributed by atoms with Gasteiger partial charge in [0.05, 0.1) is 11.8 Å². The summed E-state index contributed by atoms with van der Waals surface area (Å²) in [6.45, 7) is 1.51. The summed E-state index contributed by atoms with van der Waals surface area (Å²) in [5.74, 6) is -1.47. The highest BCUT2D eigenvalue weighted by Crippen LogP contribution is 2.40. The van der Waals surface area contributed by atoms with Gasteiger partial charge in [0.25, 0.3) is 0 Å². The number of carbonyl (C=O) groups excluding carboxylic acids is 1. The fourth-order valence-corrected chi connectivity index (χ4v) is 2.34. The molecule has 0 aromatic heterocycles. The van der Waals surface area contributed by atoms with E-state index in [0.717, 1.165) is 19.5 Å². The molecule has 0 bridgehead atoms. The number of nitrogens with zero attached hydrogens (tertiary/aromatic N) is 2. The number of amides is 1. The Hall–Kier alpha value is -1.10. The lowest BCUT2D eigenvalue weighted by Gasteiger charge is -2.20. The Morgan fingerprint density at radius 1 is 1.31 bits per heavy atom. The van der Waals surface area contributed by atoms with Crippen LogP contribution in [0, 0.1) is 11.8 Å². The van der Waals surface area contributed by atoms with E-state index in [1.165, 1.54) is 0 Å². The standard InChI is InChI=1S/C11H18N2O3/c1-12(2)7-3-4-13(6-7)10(14)8-5-9(8)11(15)16/h7-9H,3-6H2,1-2H3,(H,15,16). The van der Waals surface area contributed by atoms with Gasteiger partial charge < -0.3 is 14.9 Å². The zero-order chi connectivity index (χ0) is 11.9. The molecule has 16 heavy (non-hydrogen) atoms. The predicted molar refractivity (Wildman–Crippen MR) is 57.9 cm³/mol. The van der Waals surface area contributed by atoms with Gasteiger partial charge in [-0.3, -0.25) is 9.59 Å². The Balaban J connectivity index is 1.87. The maximum atomic E-state index is 11.9. The molecule has 0 spiro atoms. The van der Waals surface area contributed by atoms with E-state index in [1.807, 2.05) is 19.0 Å². The minimum absolute atomic E-state index is 0.0387. The van der Waals surface area contributed by atoms with Gasteiger partial charge in [-0.1, -0.05) is 0 Å². The fraction of sp³-hybridized carbons (Fsp3) is 0.818. The maximum absolute atomic E-state index is 11.9. The summed E-state index contributed by atoms with van der Waals surface area (Å²) < 4.78 is 0. The number of likely N-dealkylation sites (N-methyl/N-ethyl adjacent to an activating group) is 1. The number of hydrogen-bond acceptors (Lipinski definition) is 3. The van der Waals surface area contributed by atoms with Crippen LogP contribution in [-0.4, -0.2) is 60.0 Å². The molecule has 5 nitrogen and oxygen atoms in total. The SMILES string of the molecule is CN(C)C1CCN(C(=O)C2CC2C(=O)O)C1. The van der Waals surface area contributed by atoms with Crippen molar-refractivity contribution in [1.82, 2.24) is 9.80 Å². The summed E-state index contributed by atoms with van der Waals surface area (Å²) in [5, 5.41) is 8.78. The molecule has 2 rings (SSSR count). The second-order valence-electron chi connectivity index (χ2n) is 4.98. The molecular weight excluding hydrogens is 208 g/mol. The zero-order valence-corrected chi connectivity index (χ0v) is 9.72. The van der Waals surface area contributed by atoms with E-state index in [0.29, 0.717) is 12.5 Å². The molecule has 1 aliphatic carbocycles. The van der Waals surface area contributed by atoms with Crippen LogP contribution >= 0.6 is 0 Å². The first kappa shape index (κ1) is 11.4. The van der Waals surface area contributed by atoms with E-state index in [1.54, 1.807) is 0 Å². The average Bonchev–Trinajstić information content (AvgIpc) is 2.86. The minimum Gasteiger partial charge on any atom is -0.481 e. The highest BCUT2D eigenvalue weighted by molar-refractivity contribution is 5.89. The molecule has 1 heterocycles. The van der Waals surface area contributed by atoms with Crippen molar-refractivity contribution in [1.29, 1.82) is 0 Å². The van der Waals surface area contributed by atoms with Crippen molar-refractivity contribution >= 4 is 11.9 Å². The summed E-state index contributed by atoms with van der Waals surface area (Å²) in [5.41, 5.74) is 0. The number of rotatable bonds is 3. The Bertz CT molecular complexity index is 316. The van der Waals surface area contributed by atoms with Gasteiger partial charge in [-0.15, -0.1) is 0 Å². The van der Waals surface area contributed by atoms with Crippen LogP contribution in [0.2, 0.25) is 0 Å². The molecule has 3 atom stereocenters. The van der Waals surface area contributed by atoms with E-state index in [4.69, 9.17) is 5.11 Å². The number of likely N-dealkylation sites (tertiary alicyclic amines) is 1. The molecule has 0 aromatic carbocycles. The first-order valence-electron chi connectivity index (χ1n) is 5.68. The maximum Gasteiger partial charge on any atom is 0.307 e. The van der Waals surface area contributed by atoms with Crippen molar-refractivity contribution in [2.24, 2.45) is 11.8 Å². The second kappa shape index (κ2) is 4.05. The lowest BCUT2D eigenvalue weighted by atomic mass is 10.2. The van der Waals surface area contributed by atoms with Crippen molar-refractivity contribution in [3.8, 4) is 0 Å². The number of carboxylic acids is 1. The van der Waals surface area contributed by atoms with Crippen LogP contribution in [-0.2, 0) is 9.59 Å². The predicted octanol–water partition coefficient (Wildman–Crippen LogP) is -0.130. The normalized spacial score (nSPS) is 33.2. The van der Waals surface area contributed by atoms with Gasteiger partial charge in [-0.05, 0) is 26.9 Å². The van der Waals surface area contributed by atoms with Crippen LogP contribution in [0.5, 0.6) is 0 Å². The molecule has 0 aromatic rings. The molecule has 2 fully saturated rings. The first-order chi connectivity index (χ1) is 7.50. The molecule has 1 aliphatic heterocycles. The summed E-state index contributed by atoms with van der Waals surface area (Å²) in [6.07, 6.45) is 1.51. The van der Waals surface area contributed by atoms with Gasteiger partial charge in [0.15, 0.2) is 0 Å². The smallest absolute Gasteiger partial charge is 0.307 e. The summed E-state index contributed by atoms with van der Waals surface area (Å²) in [7, 11) is 4.02. The number of carboxylic acid groups (broad SMARTS) is 1. The lowest BCUT2D eigenvalue weighted by Crippen LogP contribution is -2.35. The molecule has 5 heteroatoms. The van der Waals surface area contributed by atoms with Gasteiger partial charge in [-0.25, -0.2) is 0 Å². The molecule has 90 valence electrons. The molecule has 1 amide bonds. The van der Waals surface area contributed by atoms with Crippen LogP contribution in [0.3, 0.4) is 0 Å². The van der Waals surface area contributed by atoms with Gasteiger partial charge in [0.2, 0.25) is 5.91 Å². The number of aliphatic carboxylic acids is 1. The van der Waals surface area contributed by atoms with Crippen LogP contribution in [0.4, 0.5) is 0 Å². The van der Waals surface area contributed by atoms with E-state index >= 15 is 0 Å². The molecule has 1 saturated carbocycles. The fourth-order valence-electron chi connectivity index (χ4n) is 2.34. The third-order valence-corrected chi connectivity index (χ3v) is 3.63. The van der Waals surface area contributed by atoms with Crippen molar-refractivity contribution in [3.05, 3.63) is 0 Å². The number of carbonyl (C=O) groups is 2. The van der Waals surface area contributed by atoms with Gasteiger partial charge in [0, 0.05) is 19.1 Å². The van der Waals surface area contributed by atoms with E-state index in [2.05, 4.69) is 4.90 Å². The van der Waals surface area contributed by atoms with Crippen LogP contribution in [0.25, 0.3) is 0 Å². The van der Waals surface area contributed by atoms with Crippen LogP contribution in [0.15, 0.2) is 0 Å². The zero-order valence-electron chi connectivity index (χ0n) is 9.72. The molecular formula is C11H18N2O3. The van der Waals surface area contributed by atoms with E-state index in [9.17, 15) is 9.59 Å². The molecule has 1 N–H and O–H groups in total. The summed E-state index contributed by atoms with van der Waals surface area (Å²) in [4.78, 5) is 26.6. The van der Waals surface area contributed by atoms with Crippen LogP contribution in [0.1, 0.15) is 12.8 Å². The Morgan fingerprint density at radius 3 is 2.44 bits per heavy atom. The summed E-state index contributed by atoms with van der Waals surface area (Å²) in [6, 6.07) is 0.422. The van der Waals surface area contributed by atoms with Crippen molar-refractivity contribution in [2.75, 3.05) is 27.2 Å². The monoisotopic (exact) mass is 226 g/mol. The third-order valence-electron chi connectivity index (χ3n) is 3.63. The van der Waals surface area contributed by atoms with E-state index in [-0.39, 0.29) is 11.8 Å². The Kier molecular flexibility index (Phi) is 2.88. The lowest BCUT2D eigenvalue weighted by molar-refractivity contribution is -0.141. The highest BCUT2D eigenvalue weighted by Gasteiger charge is 2.50. The van der Waals surface area contributed by atoms with Crippen molar-refractivity contribution < 1.29 is 14.7 Å². The molecule has 2 aliphatic rings. The Labute approximate surface area is 95.0 Å². The molecule has 0 radical (unpaired) electrons. The van der Waals surface area contributed by atoms with Crippen molar-refractivity contribution in [2.45, 2.75) is 18.9 Å².